The van der Waals surface area contributed by atoms with Crippen LogP contribution in [0.1, 0.15) is 74.7 Å². The molecule has 1 aliphatic heterocycles. The highest BCUT2D eigenvalue weighted by Crippen LogP contribution is 2.21. The Bertz CT molecular complexity index is 375. The predicted octanol–water partition coefficient (Wildman–Crippen LogP) is 3.79. The monoisotopic (exact) mass is 327 g/mol. The topological polar surface area (TPSA) is 44.8 Å². The van der Waals surface area contributed by atoms with Gasteiger partial charge in [-0.1, -0.05) is 6.42 Å². The SMILES string of the molecule is CC1CCCC(C)N1NCCN(C(=O)OC(C)(C)C)C(C)(C)C. The van der Waals surface area contributed by atoms with Crippen LogP contribution in [0, 0.1) is 0 Å². The molecule has 0 aromatic heterocycles. The fourth-order valence-corrected chi connectivity index (χ4v) is 3.04. The van der Waals surface area contributed by atoms with E-state index in [-0.39, 0.29) is 11.6 Å². The molecular formula is C18H37N3O2. The highest BCUT2D eigenvalue weighted by atomic mass is 16.6. The van der Waals surface area contributed by atoms with Gasteiger partial charge in [-0.25, -0.2) is 9.80 Å². The molecule has 0 aromatic carbocycles. The van der Waals surface area contributed by atoms with Gasteiger partial charge in [0.05, 0.1) is 0 Å². The summed E-state index contributed by atoms with van der Waals surface area (Å²) in [6.07, 6.45) is 3.51. The van der Waals surface area contributed by atoms with Gasteiger partial charge < -0.3 is 9.64 Å². The number of amides is 1. The third-order valence-electron chi connectivity index (χ3n) is 4.25. The molecule has 0 aliphatic carbocycles. The number of nitrogens with one attached hydrogen (secondary N) is 1. The molecule has 136 valence electrons. The summed E-state index contributed by atoms with van der Waals surface area (Å²) >= 11 is 0. The third-order valence-corrected chi connectivity index (χ3v) is 4.25. The molecule has 1 amide bonds. The fraction of sp³-hybridized carbons (Fsp3) is 0.944. The second-order valence-electron chi connectivity index (χ2n) is 8.75. The van der Waals surface area contributed by atoms with Crippen molar-refractivity contribution in [2.45, 2.75) is 97.9 Å². The van der Waals surface area contributed by atoms with Gasteiger partial charge in [0.15, 0.2) is 0 Å². The molecule has 2 atom stereocenters. The molecule has 1 rings (SSSR count). The molecular weight excluding hydrogens is 290 g/mol. The van der Waals surface area contributed by atoms with Crippen molar-refractivity contribution < 1.29 is 9.53 Å². The standard InChI is InChI=1S/C18H37N3O2/c1-14-10-9-11-15(2)21(14)19-12-13-20(17(3,4)5)16(22)23-18(6,7)8/h14-15,19H,9-13H2,1-8H3. The van der Waals surface area contributed by atoms with E-state index in [2.05, 4.69) is 24.3 Å². The summed E-state index contributed by atoms with van der Waals surface area (Å²) < 4.78 is 5.56. The minimum Gasteiger partial charge on any atom is -0.444 e. The van der Waals surface area contributed by atoms with E-state index in [1.807, 2.05) is 46.4 Å². The van der Waals surface area contributed by atoms with Crippen LogP contribution < -0.4 is 5.43 Å². The first-order valence-electron chi connectivity index (χ1n) is 8.94. The van der Waals surface area contributed by atoms with Crippen LogP contribution in [0.25, 0.3) is 0 Å². The van der Waals surface area contributed by atoms with Crippen molar-refractivity contribution in [3.63, 3.8) is 0 Å². The van der Waals surface area contributed by atoms with Crippen LogP contribution in [0.3, 0.4) is 0 Å². The first kappa shape index (κ1) is 20.2. The molecule has 0 saturated carbocycles. The fourth-order valence-electron chi connectivity index (χ4n) is 3.04. The van der Waals surface area contributed by atoms with Crippen molar-refractivity contribution in [2.24, 2.45) is 0 Å². The maximum absolute atomic E-state index is 12.5. The van der Waals surface area contributed by atoms with Gasteiger partial charge in [0.1, 0.15) is 5.60 Å². The van der Waals surface area contributed by atoms with Gasteiger partial charge in [-0.2, -0.15) is 0 Å². The lowest BCUT2D eigenvalue weighted by Crippen LogP contribution is -2.56. The number of hydrogen-bond donors (Lipinski definition) is 1. The highest BCUT2D eigenvalue weighted by Gasteiger charge is 2.31. The van der Waals surface area contributed by atoms with E-state index < -0.39 is 5.60 Å². The van der Waals surface area contributed by atoms with Crippen LogP contribution in [-0.4, -0.2) is 52.3 Å². The number of piperidine rings is 1. The third kappa shape index (κ3) is 6.68. The second kappa shape index (κ2) is 7.84. The van der Waals surface area contributed by atoms with Crippen LogP contribution in [0.2, 0.25) is 0 Å². The van der Waals surface area contributed by atoms with Gasteiger partial charge in [0.25, 0.3) is 0 Å². The molecule has 1 saturated heterocycles. The maximum atomic E-state index is 12.5. The lowest BCUT2D eigenvalue weighted by atomic mass is 10.00. The van der Waals surface area contributed by atoms with Gasteiger partial charge in [0, 0.05) is 30.7 Å². The molecule has 23 heavy (non-hydrogen) atoms. The van der Waals surface area contributed by atoms with Crippen molar-refractivity contribution in [2.75, 3.05) is 13.1 Å². The number of carbonyl (C=O) groups excluding carboxylic acids is 1. The Hall–Kier alpha value is -0.810. The summed E-state index contributed by atoms with van der Waals surface area (Å²) in [4.78, 5) is 14.3. The smallest absolute Gasteiger partial charge is 0.410 e. The summed E-state index contributed by atoms with van der Waals surface area (Å²) in [5, 5.41) is 2.35. The second-order valence-corrected chi connectivity index (χ2v) is 8.75. The Kier molecular flexibility index (Phi) is 6.90. The van der Waals surface area contributed by atoms with Gasteiger partial charge in [-0.05, 0) is 68.2 Å². The maximum Gasteiger partial charge on any atom is 0.410 e. The van der Waals surface area contributed by atoms with E-state index in [1.54, 1.807) is 0 Å². The predicted molar refractivity (Wildman–Crippen MR) is 95.3 cm³/mol. The van der Waals surface area contributed by atoms with E-state index >= 15 is 0 Å². The van der Waals surface area contributed by atoms with Crippen molar-refractivity contribution in [1.29, 1.82) is 0 Å². The molecule has 1 N–H and O–H groups in total. The van der Waals surface area contributed by atoms with Crippen LogP contribution in [0.5, 0.6) is 0 Å². The van der Waals surface area contributed by atoms with Crippen molar-refractivity contribution in [3.8, 4) is 0 Å². The van der Waals surface area contributed by atoms with Gasteiger partial charge in [-0.15, -0.1) is 0 Å². The summed E-state index contributed by atoms with van der Waals surface area (Å²) in [5.74, 6) is 0. The zero-order valence-corrected chi connectivity index (χ0v) is 16.4. The number of carbonyl (C=O) groups is 1. The lowest BCUT2D eigenvalue weighted by molar-refractivity contribution is 0.000433. The zero-order chi connectivity index (χ0) is 17.8. The first-order valence-corrected chi connectivity index (χ1v) is 8.94. The average Bonchev–Trinajstić information content (AvgIpc) is 2.33. The average molecular weight is 328 g/mol. The van der Waals surface area contributed by atoms with Crippen molar-refractivity contribution in [1.82, 2.24) is 15.3 Å². The molecule has 0 bridgehead atoms. The summed E-state index contributed by atoms with van der Waals surface area (Å²) in [7, 11) is 0. The summed E-state index contributed by atoms with van der Waals surface area (Å²) in [6.45, 7) is 17.7. The largest absolute Gasteiger partial charge is 0.444 e. The number of rotatable bonds is 4. The van der Waals surface area contributed by atoms with Crippen LogP contribution >= 0.6 is 0 Å². The summed E-state index contributed by atoms with van der Waals surface area (Å²) in [5.41, 5.74) is 2.80. The number of hydrazine groups is 1. The minimum absolute atomic E-state index is 0.244. The van der Waals surface area contributed by atoms with E-state index in [4.69, 9.17) is 4.74 Å². The highest BCUT2D eigenvalue weighted by molar-refractivity contribution is 5.69. The van der Waals surface area contributed by atoms with Gasteiger partial charge >= 0.3 is 6.09 Å². The zero-order valence-electron chi connectivity index (χ0n) is 16.4. The number of hydrogen-bond acceptors (Lipinski definition) is 4. The molecule has 1 heterocycles. The molecule has 1 aliphatic rings. The Morgan fingerprint density at radius 1 is 1.13 bits per heavy atom. The Balaban J connectivity index is 2.60. The van der Waals surface area contributed by atoms with Crippen molar-refractivity contribution >= 4 is 6.09 Å². The Labute approximate surface area is 142 Å². The quantitative estimate of drug-likeness (QED) is 0.853. The lowest BCUT2D eigenvalue weighted by Gasteiger charge is -2.41. The molecule has 1 fully saturated rings. The minimum atomic E-state index is -0.468. The number of nitrogens with zero attached hydrogens (tertiary/aromatic N) is 2. The van der Waals surface area contributed by atoms with E-state index in [9.17, 15) is 4.79 Å². The first-order chi connectivity index (χ1) is 10.4. The van der Waals surface area contributed by atoms with E-state index in [0.717, 1.165) is 6.54 Å². The van der Waals surface area contributed by atoms with Crippen LogP contribution in [-0.2, 0) is 4.74 Å². The summed E-state index contributed by atoms with van der Waals surface area (Å²) in [6, 6.07) is 1.09. The van der Waals surface area contributed by atoms with Gasteiger partial charge in [0.2, 0.25) is 0 Å². The normalized spacial score (nSPS) is 23.7. The van der Waals surface area contributed by atoms with E-state index in [0.29, 0.717) is 18.6 Å². The van der Waals surface area contributed by atoms with Crippen LogP contribution in [0.4, 0.5) is 4.79 Å². The molecule has 0 aromatic rings. The van der Waals surface area contributed by atoms with E-state index in [1.165, 1.54) is 19.3 Å². The molecule has 0 spiro atoms. The van der Waals surface area contributed by atoms with Gasteiger partial charge in [-0.3, -0.25) is 5.43 Å². The molecule has 5 heteroatoms. The number of ether oxygens (including phenoxy) is 1. The Morgan fingerprint density at radius 2 is 1.65 bits per heavy atom. The van der Waals surface area contributed by atoms with Crippen LogP contribution in [0.15, 0.2) is 0 Å². The Morgan fingerprint density at radius 3 is 2.09 bits per heavy atom. The molecule has 5 nitrogen and oxygen atoms in total. The molecule has 0 radical (unpaired) electrons. The van der Waals surface area contributed by atoms with Crippen molar-refractivity contribution in [3.05, 3.63) is 0 Å². The molecule has 2 unspecified atom stereocenters.